The summed E-state index contributed by atoms with van der Waals surface area (Å²) in [6.45, 7) is 17.7. The summed E-state index contributed by atoms with van der Waals surface area (Å²) in [6, 6.07) is 7.02. The number of quaternary nitrogens is 1. The number of aryl methyl sites for hydroxylation is 1. The van der Waals surface area contributed by atoms with Gasteiger partial charge in [-0.25, -0.2) is 4.68 Å². The standard InChI is InChI=1S/C22H36N6/c1-7-8-11-20(21-23-24-25-28(21)22(4,5)6)27-15-13-26(14-16-27)19-12-9-10-17(2)18(19)3/h9-10,12,20H,7-8,11,13-16H2,1-6H3/p+1/t20-/m1/s1. The first-order chi connectivity index (χ1) is 13.3. The average Bonchev–Trinajstić information content (AvgIpc) is 3.15. The van der Waals surface area contributed by atoms with E-state index in [-0.39, 0.29) is 5.54 Å². The molecule has 0 aliphatic carbocycles. The molecule has 6 nitrogen and oxygen atoms in total. The van der Waals surface area contributed by atoms with E-state index >= 15 is 0 Å². The highest BCUT2D eigenvalue weighted by Gasteiger charge is 2.34. The molecule has 1 fully saturated rings. The van der Waals surface area contributed by atoms with Crippen molar-refractivity contribution in [1.82, 2.24) is 20.2 Å². The summed E-state index contributed by atoms with van der Waals surface area (Å²) in [6.07, 6.45) is 3.56. The van der Waals surface area contributed by atoms with E-state index in [1.807, 2.05) is 4.68 Å². The Morgan fingerprint density at radius 1 is 1.14 bits per heavy atom. The molecule has 0 amide bonds. The van der Waals surface area contributed by atoms with E-state index in [4.69, 9.17) is 0 Å². The van der Waals surface area contributed by atoms with Crippen LogP contribution in [0.2, 0.25) is 0 Å². The summed E-state index contributed by atoms with van der Waals surface area (Å²) in [7, 11) is 0. The SMILES string of the molecule is CCCC[C@H](c1nnnn1C(C)(C)C)[NH+]1CCN(c2cccc(C)c2C)CC1. The Balaban J connectivity index is 1.77. The van der Waals surface area contributed by atoms with Crippen molar-refractivity contribution in [3.8, 4) is 0 Å². The second-order valence-corrected chi connectivity index (χ2v) is 9.18. The Labute approximate surface area is 169 Å². The molecule has 28 heavy (non-hydrogen) atoms. The predicted molar refractivity (Wildman–Crippen MR) is 114 cm³/mol. The summed E-state index contributed by atoms with van der Waals surface area (Å²) in [5.74, 6) is 1.05. The highest BCUT2D eigenvalue weighted by atomic mass is 15.6. The van der Waals surface area contributed by atoms with Gasteiger partial charge in [0.2, 0.25) is 5.82 Å². The molecule has 0 bridgehead atoms. The van der Waals surface area contributed by atoms with Gasteiger partial charge in [0, 0.05) is 12.1 Å². The maximum Gasteiger partial charge on any atom is 0.209 e. The first-order valence-corrected chi connectivity index (χ1v) is 10.8. The summed E-state index contributed by atoms with van der Waals surface area (Å²) in [4.78, 5) is 4.17. The van der Waals surface area contributed by atoms with E-state index in [9.17, 15) is 0 Å². The molecule has 154 valence electrons. The Hall–Kier alpha value is -1.95. The molecule has 1 aliphatic rings. The third kappa shape index (κ3) is 4.37. The van der Waals surface area contributed by atoms with E-state index in [2.05, 4.69) is 80.2 Å². The van der Waals surface area contributed by atoms with Gasteiger partial charge in [-0.15, -0.1) is 5.10 Å². The smallest absolute Gasteiger partial charge is 0.209 e. The maximum atomic E-state index is 4.48. The third-order valence-electron chi connectivity index (χ3n) is 6.10. The fourth-order valence-electron chi connectivity index (χ4n) is 4.27. The molecule has 3 rings (SSSR count). The molecule has 0 spiro atoms. The Bertz CT molecular complexity index is 768. The van der Waals surface area contributed by atoms with Gasteiger partial charge in [0.1, 0.15) is 6.04 Å². The van der Waals surface area contributed by atoms with Crippen molar-refractivity contribution in [2.45, 2.75) is 72.4 Å². The zero-order valence-electron chi connectivity index (χ0n) is 18.5. The van der Waals surface area contributed by atoms with Gasteiger partial charge in [-0.1, -0.05) is 25.5 Å². The summed E-state index contributed by atoms with van der Waals surface area (Å²) in [5, 5.41) is 12.8. The fourth-order valence-corrected chi connectivity index (χ4v) is 4.27. The van der Waals surface area contributed by atoms with E-state index in [0.29, 0.717) is 6.04 Å². The molecule has 1 aromatic heterocycles. The fraction of sp³-hybridized carbons (Fsp3) is 0.682. The number of nitrogens with one attached hydrogen (secondary N) is 1. The van der Waals surface area contributed by atoms with Crippen molar-refractivity contribution < 1.29 is 4.90 Å². The van der Waals surface area contributed by atoms with Gasteiger partial charge in [0.25, 0.3) is 0 Å². The minimum absolute atomic E-state index is 0.0940. The largest absolute Gasteiger partial charge is 0.360 e. The second kappa shape index (κ2) is 8.60. The molecule has 1 saturated heterocycles. The number of tetrazole rings is 1. The number of aromatic nitrogens is 4. The monoisotopic (exact) mass is 385 g/mol. The van der Waals surface area contributed by atoms with Gasteiger partial charge in [0.15, 0.2) is 0 Å². The number of hydrogen-bond acceptors (Lipinski definition) is 4. The first kappa shape index (κ1) is 20.8. The highest BCUT2D eigenvalue weighted by Crippen LogP contribution is 2.24. The molecule has 0 radical (unpaired) electrons. The van der Waals surface area contributed by atoms with Gasteiger partial charge in [0.05, 0.1) is 31.7 Å². The Morgan fingerprint density at radius 3 is 2.50 bits per heavy atom. The Morgan fingerprint density at radius 2 is 1.86 bits per heavy atom. The lowest BCUT2D eigenvalue weighted by Crippen LogP contribution is -3.15. The quantitative estimate of drug-likeness (QED) is 0.831. The number of anilines is 1. The first-order valence-electron chi connectivity index (χ1n) is 10.8. The number of piperazine rings is 1. The van der Waals surface area contributed by atoms with Gasteiger partial charge in [-0.2, -0.15) is 0 Å². The van der Waals surface area contributed by atoms with Crippen molar-refractivity contribution in [3.63, 3.8) is 0 Å². The summed E-state index contributed by atoms with van der Waals surface area (Å²) >= 11 is 0. The van der Waals surface area contributed by atoms with Crippen molar-refractivity contribution in [2.24, 2.45) is 0 Å². The van der Waals surface area contributed by atoms with E-state index in [0.717, 1.165) is 38.4 Å². The number of rotatable bonds is 6. The third-order valence-corrected chi connectivity index (χ3v) is 6.10. The molecule has 6 heteroatoms. The molecule has 1 aromatic carbocycles. The maximum absolute atomic E-state index is 4.48. The van der Waals surface area contributed by atoms with Crippen molar-refractivity contribution >= 4 is 5.69 Å². The van der Waals surface area contributed by atoms with Gasteiger partial charge in [-0.3, -0.25) is 0 Å². The zero-order chi connectivity index (χ0) is 20.3. The molecule has 2 aromatic rings. The zero-order valence-corrected chi connectivity index (χ0v) is 18.5. The van der Waals surface area contributed by atoms with Crippen LogP contribution < -0.4 is 9.80 Å². The minimum Gasteiger partial charge on any atom is -0.360 e. The van der Waals surface area contributed by atoms with Crippen molar-refractivity contribution in [2.75, 3.05) is 31.1 Å². The summed E-state index contributed by atoms with van der Waals surface area (Å²) in [5.41, 5.74) is 4.08. The lowest BCUT2D eigenvalue weighted by molar-refractivity contribution is -0.933. The van der Waals surface area contributed by atoms with Crippen LogP contribution in [0.3, 0.4) is 0 Å². The number of unbranched alkanes of at least 4 members (excludes halogenated alkanes) is 1. The molecular formula is C22H37N6+. The van der Waals surface area contributed by atoms with Crippen LogP contribution >= 0.6 is 0 Å². The van der Waals surface area contributed by atoms with E-state index in [1.54, 1.807) is 4.90 Å². The highest BCUT2D eigenvalue weighted by molar-refractivity contribution is 5.56. The molecule has 1 aliphatic heterocycles. The predicted octanol–water partition coefficient (Wildman–Crippen LogP) is 2.68. The van der Waals surface area contributed by atoms with Gasteiger partial charge < -0.3 is 9.80 Å². The van der Waals surface area contributed by atoms with Crippen LogP contribution in [0.25, 0.3) is 0 Å². The molecule has 1 N–H and O–H groups in total. The normalized spacial score (nSPS) is 17.1. The van der Waals surface area contributed by atoms with E-state index < -0.39 is 0 Å². The van der Waals surface area contributed by atoms with Crippen molar-refractivity contribution in [3.05, 3.63) is 35.2 Å². The van der Waals surface area contributed by atoms with Crippen LogP contribution in [-0.2, 0) is 5.54 Å². The lowest BCUT2D eigenvalue weighted by atomic mass is 10.0. The molecule has 2 heterocycles. The number of benzene rings is 1. The molecule has 0 saturated carbocycles. The molecule has 1 atom stereocenters. The number of hydrogen-bond donors (Lipinski definition) is 1. The van der Waals surface area contributed by atoms with Crippen LogP contribution in [0, 0.1) is 13.8 Å². The Kier molecular flexibility index (Phi) is 6.38. The van der Waals surface area contributed by atoms with Crippen LogP contribution in [-0.4, -0.2) is 46.4 Å². The minimum atomic E-state index is -0.0940. The van der Waals surface area contributed by atoms with E-state index in [1.165, 1.54) is 29.7 Å². The topological polar surface area (TPSA) is 51.3 Å². The lowest BCUT2D eigenvalue weighted by Gasteiger charge is -2.38. The van der Waals surface area contributed by atoms with Crippen LogP contribution in [0.15, 0.2) is 18.2 Å². The molecular weight excluding hydrogens is 348 g/mol. The van der Waals surface area contributed by atoms with Crippen molar-refractivity contribution in [1.29, 1.82) is 0 Å². The number of nitrogens with zero attached hydrogens (tertiary/aromatic N) is 5. The van der Waals surface area contributed by atoms with Crippen LogP contribution in [0.5, 0.6) is 0 Å². The van der Waals surface area contributed by atoms with Gasteiger partial charge >= 0.3 is 0 Å². The van der Waals surface area contributed by atoms with Gasteiger partial charge in [-0.05, 0) is 68.7 Å². The van der Waals surface area contributed by atoms with Crippen LogP contribution in [0.1, 0.15) is 70.0 Å². The average molecular weight is 386 g/mol. The molecule has 0 unspecified atom stereocenters. The summed E-state index contributed by atoms with van der Waals surface area (Å²) < 4.78 is 2.04. The van der Waals surface area contributed by atoms with Crippen LogP contribution in [0.4, 0.5) is 5.69 Å². The second-order valence-electron chi connectivity index (χ2n) is 9.18.